The van der Waals surface area contributed by atoms with E-state index in [4.69, 9.17) is 4.74 Å². The van der Waals surface area contributed by atoms with E-state index in [0.29, 0.717) is 23.5 Å². The van der Waals surface area contributed by atoms with Gasteiger partial charge in [0, 0.05) is 18.6 Å². The van der Waals surface area contributed by atoms with E-state index in [9.17, 15) is 9.59 Å². The summed E-state index contributed by atoms with van der Waals surface area (Å²) < 4.78 is 7.99. The third-order valence-electron chi connectivity index (χ3n) is 4.54. The molecule has 7 heteroatoms. The molecule has 1 aromatic heterocycles. The summed E-state index contributed by atoms with van der Waals surface area (Å²) >= 11 is 0. The highest BCUT2D eigenvalue weighted by Gasteiger charge is 2.25. The zero-order valence-electron chi connectivity index (χ0n) is 15.5. The van der Waals surface area contributed by atoms with Crippen molar-refractivity contribution in [2.75, 3.05) is 7.11 Å². The van der Waals surface area contributed by atoms with Gasteiger partial charge in [-0.2, -0.15) is 9.78 Å². The number of pyridine rings is 2. The molecule has 0 unspecified atom stereocenters. The van der Waals surface area contributed by atoms with Crippen molar-refractivity contribution in [1.29, 1.82) is 0 Å². The first kappa shape index (κ1) is 17.7. The van der Waals surface area contributed by atoms with Gasteiger partial charge in [-0.3, -0.25) is 9.78 Å². The summed E-state index contributed by atoms with van der Waals surface area (Å²) in [6.45, 7) is 2.32. The number of para-hydroxylation sites is 1. The second-order valence-corrected chi connectivity index (χ2v) is 6.42. The number of esters is 1. The van der Waals surface area contributed by atoms with Gasteiger partial charge in [0.1, 0.15) is 11.3 Å². The molecule has 2 aliphatic rings. The molecule has 1 aromatic carbocycles. The van der Waals surface area contributed by atoms with Crippen LogP contribution in [0.25, 0.3) is 16.9 Å². The fourth-order valence-electron chi connectivity index (χ4n) is 3.15. The van der Waals surface area contributed by atoms with Crippen molar-refractivity contribution in [3.63, 3.8) is 0 Å². The van der Waals surface area contributed by atoms with Crippen LogP contribution in [-0.4, -0.2) is 32.4 Å². The molecule has 140 valence electrons. The van der Waals surface area contributed by atoms with Crippen LogP contribution < -0.4 is 5.56 Å². The molecule has 0 radical (unpaired) electrons. The van der Waals surface area contributed by atoms with Crippen LogP contribution in [0.4, 0.5) is 0 Å². The Bertz CT molecular complexity index is 1180. The Kier molecular flexibility index (Phi) is 4.49. The van der Waals surface area contributed by atoms with Crippen molar-refractivity contribution in [3.8, 4) is 16.9 Å². The number of hydrogen-bond acceptors (Lipinski definition) is 5. The first-order valence-electron chi connectivity index (χ1n) is 8.75. The van der Waals surface area contributed by atoms with Gasteiger partial charge < -0.3 is 9.30 Å². The largest absolute Gasteiger partial charge is 0.465 e. The number of methoxy groups -OCH3 is 1. The molecule has 0 bridgehead atoms. The smallest absolute Gasteiger partial charge is 0.341 e. The normalized spacial score (nSPS) is 10.9. The van der Waals surface area contributed by atoms with Gasteiger partial charge in [0.2, 0.25) is 0 Å². The van der Waals surface area contributed by atoms with Crippen LogP contribution >= 0.6 is 0 Å². The third kappa shape index (κ3) is 3.07. The predicted molar refractivity (Wildman–Crippen MR) is 104 cm³/mol. The third-order valence-corrected chi connectivity index (χ3v) is 4.54. The maximum Gasteiger partial charge on any atom is 0.341 e. The van der Waals surface area contributed by atoms with Gasteiger partial charge in [-0.15, -0.1) is 0 Å². The average Bonchev–Trinajstić information content (AvgIpc) is 3.04. The molecule has 0 amide bonds. The highest BCUT2D eigenvalue weighted by molar-refractivity contribution is 5.96. The summed E-state index contributed by atoms with van der Waals surface area (Å²) in [5.74, 6) is -0.546. The van der Waals surface area contributed by atoms with Crippen molar-refractivity contribution in [1.82, 2.24) is 19.3 Å². The molecular weight excluding hydrogens is 356 g/mol. The molecular formula is C21H18N4O3. The number of aryl methyl sites for hydroxylation is 1. The monoisotopic (exact) mass is 374 g/mol. The molecule has 0 saturated heterocycles. The number of aromatic nitrogens is 4. The van der Waals surface area contributed by atoms with Crippen LogP contribution in [0.3, 0.4) is 0 Å². The van der Waals surface area contributed by atoms with Crippen molar-refractivity contribution in [3.05, 3.63) is 88.2 Å². The van der Waals surface area contributed by atoms with Gasteiger partial charge in [-0.25, -0.2) is 4.79 Å². The zero-order chi connectivity index (χ0) is 19.7. The topological polar surface area (TPSA) is 79.0 Å². The van der Waals surface area contributed by atoms with Crippen molar-refractivity contribution in [2.24, 2.45) is 0 Å². The van der Waals surface area contributed by atoms with Gasteiger partial charge in [0.05, 0.1) is 30.6 Å². The summed E-state index contributed by atoms with van der Waals surface area (Å²) in [7, 11) is 1.31. The molecule has 0 spiro atoms. The molecule has 28 heavy (non-hydrogen) atoms. The van der Waals surface area contributed by atoms with E-state index in [1.54, 1.807) is 23.2 Å². The lowest BCUT2D eigenvalue weighted by atomic mass is 10.1. The molecule has 4 rings (SSSR count). The Labute approximate surface area is 161 Å². The Morgan fingerprint density at radius 3 is 2.61 bits per heavy atom. The molecule has 0 atom stereocenters. The van der Waals surface area contributed by atoms with Gasteiger partial charge in [0.15, 0.2) is 0 Å². The van der Waals surface area contributed by atoms with Crippen LogP contribution in [0.15, 0.2) is 65.8 Å². The summed E-state index contributed by atoms with van der Waals surface area (Å²) in [5, 5.41) is 4.43. The molecule has 0 aliphatic carbocycles. The Morgan fingerprint density at radius 2 is 1.89 bits per heavy atom. The number of ether oxygens (including phenoxy) is 1. The van der Waals surface area contributed by atoms with E-state index < -0.39 is 5.97 Å². The van der Waals surface area contributed by atoms with E-state index in [-0.39, 0.29) is 11.1 Å². The Morgan fingerprint density at radius 1 is 1.11 bits per heavy atom. The molecule has 0 saturated carbocycles. The maximum absolute atomic E-state index is 13.1. The molecule has 7 nitrogen and oxygen atoms in total. The minimum Gasteiger partial charge on any atom is -0.465 e. The molecule has 0 fully saturated rings. The van der Waals surface area contributed by atoms with Crippen molar-refractivity contribution < 1.29 is 9.53 Å². The van der Waals surface area contributed by atoms with Crippen LogP contribution in [0.2, 0.25) is 0 Å². The number of carbonyl (C=O) groups excluding carboxylic acids is 1. The highest BCUT2D eigenvalue weighted by Crippen LogP contribution is 2.24. The van der Waals surface area contributed by atoms with Crippen LogP contribution in [0, 0.1) is 6.92 Å². The number of fused-ring (bicyclic) bond motifs is 1. The quantitative estimate of drug-likeness (QED) is 0.513. The fraction of sp³-hybridized carbons (Fsp3) is 0.143. The predicted octanol–water partition coefficient (Wildman–Crippen LogP) is 2.68. The fourth-order valence-corrected chi connectivity index (χ4v) is 3.15. The van der Waals surface area contributed by atoms with E-state index in [2.05, 4.69) is 10.1 Å². The minimum atomic E-state index is -0.546. The first-order valence-corrected chi connectivity index (χ1v) is 8.75. The number of hydrogen-bond donors (Lipinski definition) is 0. The lowest BCUT2D eigenvalue weighted by Crippen LogP contribution is -2.16. The molecule has 0 N–H and O–H groups in total. The number of carbonyl (C=O) groups is 1. The molecule has 2 aliphatic heterocycles. The summed E-state index contributed by atoms with van der Waals surface area (Å²) in [6.07, 6.45) is 5.03. The van der Waals surface area contributed by atoms with Crippen molar-refractivity contribution >= 4 is 5.97 Å². The maximum atomic E-state index is 13.1. The van der Waals surface area contributed by atoms with Crippen LogP contribution in [-0.2, 0) is 11.3 Å². The number of rotatable bonds is 4. The van der Waals surface area contributed by atoms with Crippen molar-refractivity contribution in [2.45, 2.75) is 13.5 Å². The Balaban J connectivity index is 1.92. The number of nitrogens with zero attached hydrogens (tertiary/aromatic N) is 4. The summed E-state index contributed by atoms with van der Waals surface area (Å²) in [6, 6.07) is 13.1. The van der Waals surface area contributed by atoms with Gasteiger partial charge >= 0.3 is 5.97 Å². The Hall–Kier alpha value is -3.74. The van der Waals surface area contributed by atoms with E-state index >= 15 is 0 Å². The standard InChI is InChI=1S/C21H18N4O3/c1-14-7-3-4-9-18(14)25-20(26)16-12-24(11-15-8-5-6-10-22-15)13-17(19(16)23-25)21(27)28-2/h3-10,12-13H,11H2,1-2H3. The average molecular weight is 374 g/mol. The van der Waals surface area contributed by atoms with Crippen LogP contribution in [0.1, 0.15) is 21.6 Å². The SMILES string of the molecule is COC(=O)c1cn(Cc2ccccn2)cc2c(=O)n(-c3ccccc3C)nc1-2. The van der Waals surface area contributed by atoms with Crippen LogP contribution in [0.5, 0.6) is 0 Å². The van der Waals surface area contributed by atoms with Gasteiger partial charge in [0.25, 0.3) is 5.56 Å². The summed E-state index contributed by atoms with van der Waals surface area (Å²) in [5.41, 5.74) is 3.01. The second-order valence-electron chi connectivity index (χ2n) is 6.42. The first-order chi connectivity index (χ1) is 13.6. The second kappa shape index (κ2) is 7.11. The summed E-state index contributed by atoms with van der Waals surface area (Å²) in [4.78, 5) is 29.7. The minimum absolute atomic E-state index is 0.236. The van der Waals surface area contributed by atoms with E-state index in [1.807, 2.05) is 49.4 Å². The number of benzene rings is 1. The van der Waals surface area contributed by atoms with Gasteiger partial charge in [-0.1, -0.05) is 24.3 Å². The van der Waals surface area contributed by atoms with E-state index in [1.165, 1.54) is 11.8 Å². The lowest BCUT2D eigenvalue weighted by molar-refractivity contribution is 0.0600. The van der Waals surface area contributed by atoms with Gasteiger partial charge in [-0.05, 0) is 30.7 Å². The lowest BCUT2D eigenvalue weighted by Gasteiger charge is -2.11. The zero-order valence-corrected chi connectivity index (χ0v) is 15.5. The highest BCUT2D eigenvalue weighted by atomic mass is 16.5. The van der Waals surface area contributed by atoms with E-state index in [0.717, 1.165) is 11.3 Å². The molecule has 3 heterocycles. The molecule has 2 aromatic rings.